The van der Waals surface area contributed by atoms with Gasteiger partial charge in [0.2, 0.25) is 11.8 Å². The van der Waals surface area contributed by atoms with E-state index in [4.69, 9.17) is 0 Å². The minimum absolute atomic E-state index is 0.00520. The molecule has 0 spiro atoms. The SMILES string of the molecule is CCc1ccc(N2C[C@@H](C(=O)Nc3nc4c(s3)CN(Cc3ccccc3)CC4)CC2=O)cc1. The highest BCUT2D eigenvalue weighted by Crippen LogP contribution is 2.31. The van der Waals surface area contributed by atoms with Crippen molar-refractivity contribution in [1.82, 2.24) is 9.88 Å². The van der Waals surface area contributed by atoms with Crippen LogP contribution in [0.15, 0.2) is 54.6 Å². The lowest BCUT2D eigenvalue weighted by atomic mass is 10.1. The van der Waals surface area contributed by atoms with Crippen LogP contribution in [0, 0.1) is 5.92 Å². The second kappa shape index (κ2) is 9.45. The van der Waals surface area contributed by atoms with Crippen LogP contribution in [0.5, 0.6) is 0 Å². The van der Waals surface area contributed by atoms with Gasteiger partial charge in [0, 0.05) is 49.6 Å². The van der Waals surface area contributed by atoms with Crippen molar-refractivity contribution >= 4 is 34.0 Å². The molecule has 1 saturated heterocycles. The van der Waals surface area contributed by atoms with Crippen molar-refractivity contribution in [2.24, 2.45) is 5.92 Å². The second-order valence-electron chi connectivity index (χ2n) is 8.75. The van der Waals surface area contributed by atoms with E-state index in [0.29, 0.717) is 11.7 Å². The molecule has 3 heterocycles. The summed E-state index contributed by atoms with van der Waals surface area (Å²) in [6.45, 7) is 5.24. The quantitative estimate of drug-likeness (QED) is 0.597. The first-order chi connectivity index (χ1) is 16.1. The molecule has 1 N–H and O–H groups in total. The number of nitrogens with one attached hydrogen (secondary N) is 1. The summed E-state index contributed by atoms with van der Waals surface area (Å²) < 4.78 is 0. The summed E-state index contributed by atoms with van der Waals surface area (Å²) in [5.74, 6) is -0.489. The van der Waals surface area contributed by atoms with Gasteiger partial charge >= 0.3 is 0 Å². The molecule has 0 unspecified atom stereocenters. The summed E-state index contributed by atoms with van der Waals surface area (Å²) in [6.07, 6.45) is 2.08. The maximum Gasteiger partial charge on any atom is 0.231 e. The normalized spacial score (nSPS) is 18.4. The number of thiazole rings is 1. The van der Waals surface area contributed by atoms with Crippen molar-refractivity contribution < 1.29 is 9.59 Å². The van der Waals surface area contributed by atoms with Gasteiger partial charge in [-0.05, 0) is 29.7 Å². The summed E-state index contributed by atoms with van der Waals surface area (Å²) in [7, 11) is 0. The molecule has 170 valence electrons. The summed E-state index contributed by atoms with van der Waals surface area (Å²) in [5, 5.41) is 3.63. The van der Waals surface area contributed by atoms with E-state index < -0.39 is 0 Å². The molecule has 6 nitrogen and oxygen atoms in total. The van der Waals surface area contributed by atoms with E-state index in [0.717, 1.165) is 43.9 Å². The largest absolute Gasteiger partial charge is 0.312 e. The van der Waals surface area contributed by atoms with Gasteiger partial charge in [-0.2, -0.15) is 0 Å². The minimum Gasteiger partial charge on any atom is -0.312 e. The number of anilines is 2. The summed E-state index contributed by atoms with van der Waals surface area (Å²) in [6, 6.07) is 18.5. The molecule has 1 atom stereocenters. The van der Waals surface area contributed by atoms with Gasteiger partial charge in [0.15, 0.2) is 5.13 Å². The van der Waals surface area contributed by atoms with Crippen LogP contribution in [0.3, 0.4) is 0 Å². The maximum absolute atomic E-state index is 12.9. The molecule has 3 aromatic rings. The summed E-state index contributed by atoms with van der Waals surface area (Å²) in [4.78, 5) is 35.5. The number of aryl methyl sites for hydroxylation is 1. The van der Waals surface area contributed by atoms with Gasteiger partial charge in [0.1, 0.15) is 0 Å². The topological polar surface area (TPSA) is 65.5 Å². The Morgan fingerprint density at radius 2 is 1.91 bits per heavy atom. The highest BCUT2D eigenvalue weighted by molar-refractivity contribution is 7.15. The molecule has 1 aromatic heterocycles. The van der Waals surface area contributed by atoms with Gasteiger partial charge in [-0.3, -0.25) is 14.5 Å². The van der Waals surface area contributed by atoms with Gasteiger partial charge in [-0.25, -0.2) is 4.98 Å². The molecule has 2 aliphatic heterocycles. The maximum atomic E-state index is 12.9. The van der Waals surface area contributed by atoms with Gasteiger partial charge in [-0.1, -0.05) is 49.4 Å². The van der Waals surface area contributed by atoms with Crippen LogP contribution in [-0.2, 0) is 35.5 Å². The molecule has 0 bridgehead atoms. The fraction of sp³-hybridized carbons (Fsp3) is 0.346. The highest BCUT2D eigenvalue weighted by atomic mass is 32.1. The molecule has 0 saturated carbocycles. The van der Waals surface area contributed by atoms with E-state index in [2.05, 4.69) is 46.4 Å². The highest BCUT2D eigenvalue weighted by Gasteiger charge is 2.35. The number of aromatic nitrogens is 1. The first kappa shape index (κ1) is 21.8. The summed E-state index contributed by atoms with van der Waals surface area (Å²) in [5.41, 5.74) is 4.48. The molecule has 1 fully saturated rings. The van der Waals surface area contributed by atoms with E-state index >= 15 is 0 Å². The predicted octanol–water partition coefficient (Wildman–Crippen LogP) is 4.26. The van der Waals surface area contributed by atoms with Crippen LogP contribution in [0.25, 0.3) is 0 Å². The van der Waals surface area contributed by atoms with Crippen molar-refractivity contribution in [3.8, 4) is 0 Å². The van der Waals surface area contributed by atoms with Crippen LogP contribution in [0.1, 0.15) is 35.0 Å². The third-order valence-electron chi connectivity index (χ3n) is 6.44. The van der Waals surface area contributed by atoms with Gasteiger partial charge < -0.3 is 10.2 Å². The second-order valence-corrected chi connectivity index (χ2v) is 9.83. The van der Waals surface area contributed by atoms with E-state index in [1.54, 1.807) is 16.2 Å². The average molecular weight is 461 g/mol. The monoisotopic (exact) mass is 460 g/mol. The Morgan fingerprint density at radius 3 is 2.67 bits per heavy atom. The lowest BCUT2D eigenvalue weighted by Gasteiger charge is -2.25. The van der Waals surface area contributed by atoms with Crippen LogP contribution in [-0.4, -0.2) is 34.8 Å². The Kier molecular flexibility index (Phi) is 6.24. The minimum atomic E-state index is -0.362. The Balaban J connectivity index is 1.20. The Hall–Kier alpha value is -3.03. The van der Waals surface area contributed by atoms with Crippen molar-refractivity contribution in [1.29, 1.82) is 0 Å². The third kappa shape index (κ3) is 4.84. The third-order valence-corrected chi connectivity index (χ3v) is 7.44. The predicted molar refractivity (Wildman–Crippen MR) is 131 cm³/mol. The van der Waals surface area contributed by atoms with Gasteiger partial charge in [0.25, 0.3) is 0 Å². The number of hydrogen-bond acceptors (Lipinski definition) is 5. The number of benzene rings is 2. The smallest absolute Gasteiger partial charge is 0.231 e. The summed E-state index contributed by atoms with van der Waals surface area (Å²) >= 11 is 1.56. The lowest BCUT2D eigenvalue weighted by molar-refractivity contribution is -0.122. The average Bonchev–Trinajstić information content (AvgIpc) is 3.42. The fourth-order valence-corrected chi connectivity index (χ4v) is 5.58. The molecule has 5 rings (SSSR count). The van der Waals surface area contributed by atoms with Crippen LogP contribution < -0.4 is 10.2 Å². The Bertz CT molecular complexity index is 1140. The van der Waals surface area contributed by atoms with Crippen LogP contribution in [0.2, 0.25) is 0 Å². The van der Waals surface area contributed by atoms with Crippen molar-refractivity contribution in [3.05, 3.63) is 76.3 Å². The number of fused-ring (bicyclic) bond motifs is 1. The molecule has 7 heteroatoms. The zero-order valence-electron chi connectivity index (χ0n) is 18.8. The molecule has 33 heavy (non-hydrogen) atoms. The zero-order valence-corrected chi connectivity index (χ0v) is 19.6. The molecular weight excluding hydrogens is 432 g/mol. The van der Waals surface area contributed by atoms with Gasteiger partial charge in [0.05, 0.1) is 11.6 Å². The van der Waals surface area contributed by atoms with Crippen molar-refractivity contribution in [3.63, 3.8) is 0 Å². The Labute approximate surface area is 198 Å². The standard InChI is InChI=1S/C26H28N4O2S/c1-2-18-8-10-21(11-9-18)30-16-20(14-24(30)31)25(32)28-26-27-22-12-13-29(17-23(22)33-26)15-19-6-4-3-5-7-19/h3-11,20H,2,12-17H2,1H3,(H,27,28,32)/t20-/m0/s1. The fourth-order valence-electron chi connectivity index (χ4n) is 4.53. The molecule has 0 radical (unpaired) electrons. The van der Waals surface area contributed by atoms with Gasteiger partial charge in [-0.15, -0.1) is 11.3 Å². The van der Waals surface area contributed by atoms with E-state index in [1.165, 1.54) is 16.0 Å². The lowest BCUT2D eigenvalue weighted by Crippen LogP contribution is -2.29. The van der Waals surface area contributed by atoms with Crippen molar-refractivity contribution in [2.75, 3.05) is 23.3 Å². The first-order valence-corrected chi connectivity index (χ1v) is 12.4. The number of hydrogen-bond donors (Lipinski definition) is 1. The zero-order chi connectivity index (χ0) is 22.8. The first-order valence-electron chi connectivity index (χ1n) is 11.5. The number of rotatable bonds is 6. The van der Waals surface area contributed by atoms with Crippen LogP contribution >= 0.6 is 11.3 Å². The van der Waals surface area contributed by atoms with Crippen LogP contribution in [0.4, 0.5) is 10.8 Å². The number of nitrogens with zero attached hydrogens (tertiary/aromatic N) is 3. The van der Waals surface area contributed by atoms with E-state index in [-0.39, 0.29) is 24.2 Å². The molecule has 2 aromatic carbocycles. The molecule has 2 amide bonds. The number of amides is 2. The molecular formula is C26H28N4O2S. The van der Waals surface area contributed by atoms with E-state index in [9.17, 15) is 9.59 Å². The molecule has 2 aliphatic rings. The number of carbonyl (C=O) groups is 2. The number of carbonyl (C=O) groups excluding carboxylic acids is 2. The molecule has 0 aliphatic carbocycles. The van der Waals surface area contributed by atoms with E-state index in [1.807, 2.05) is 30.3 Å². The van der Waals surface area contributed by atoms with Crippen molar-refractivity contribution in [2.45, 2.75) is 39.3 Å². The Morgan fingerprint density at radius 1 is 1.12 bits per heavy atom.